The van der Waals surface area contributed by atoms with Crippen LogP contribution in [-0.4, -0.2) is 69.7 Å². The number of aromatic nitrogens is 4. The second kappa shape index (κ2) is 9.09. The number of morpholine rings is 1. The third-order valence-electron chi connectivity index (χ3n) is 6.73. The van der Waals surface area contributed by atoms with E-state index in [1.54, 1.807) is 0 Å². The normalized spacial score (nSPS) is 19.5. The van der Waals surface area contributed by atoms with E-state index in [9.17, 15) is 4.79 Å². The summed E-state index contributed by atoms with van der Waals surface area (Å²) in [6.45, 7) is 8.40. The largest absolute Gasteiger partial charge is 0.378 e. The molecule has 0 saturated carbocycles. The molecule has 0 aliphatic carbocycles. The van der Waals surface area contributed by atoms with Crippen LogP contribution in [-0.2, 0) is 11.8 Å². The van der Waals surface area contributed by atoms with Crippen LogP contribution in [0.25, 0.3) is 11.0 Å². The number of carbonyl (C=O) groups is 1. The Kier molecular flexibility index (Phi) is 6.01. The van der Waals surface area contributed by atoms with Crippen LogP contribution in [0.15, 0.2) is 30.3 Å². The molecule has 0 bridgehead atoms. The molecule has 2 aromatic heterocycles. The minimum atomic E-state index is -0.0164. The van der Waals surface area contributed by atoms with Crippen molar-refractivity contribution in [2.24, 2.45) is 7.05 Å². The molecule has 2 aliphatic heterocycles. The van der Waals surface area contributed by atoms with Gasteiger partial charge in [-0.15, -0.1) is 0 Å². The number of ether oxygens (including phenoxy) is 1. The number of fused-ring (bicyclic) bond motifs is 1. The quantitative estimate of drug-likeness (QED) is 0.609. The molecule has 0 radical (unpaired) electrons. The second-order valence-corrected chi connectivity index (χ2v) is 9.34. The first-order valence-electron chi connectivity index (χ1n) is 11.9. The predicted molar refractivity (Wildman–Crippen MR) is 128 cm³/mol. The smallest absolute Gasteiger partial charge is 0.272 e. The minimum absolute atomic E-state index is 0.0164. The molecule has 0 spiro atoms. The molecule has 0 N–H and O–H groups in total. The first-order valence-corrected chi connectivity index (χ1v) is 11.9. The average molecular weight is 449 g/mol. The zero-order chi connectivity index (χ0) is 22.9. The van der Waals surface area contributed by atoms with Crippen molar-refractivity contribution < 1.29 is 9.53 Å². The maximum atomic E-state index is 13.6. The topological polar surface area (TPSA) is 76.4 Å². The van der Waals surface area contributed by atoms with Crippen LogP contribution in [0, 0.1) is 0 Å². The van der Waals surface area contributed by atoms with E-state index < -0.39 is 0 Å². The van der Waals surface area contributed by atoms with Crippen LogP contribution >= 0.6 is 0 Å². The number of benzene rings is 1. The summed E-state index contributed by atoms with van der Waals surface area (Å²) >= 11 is 0. The average Bonchev–Trinajstić information content (AvgIpc) is 3.20. The molecule has 4 heterocycles. The van der Waals surface area contributed by atoms with Crippen molar-refractivity contribution in [3.63, 3.8) is 0 Å². The van der Waals surface area contributed by atoms with Crippen molar-refractivity contribution in [1.29, 1.82) is 0 Å². The number of nitrogens with zero attached hydrogens (tertiary/aromatic N) is 6. The van der Waals surface area contributed by atoms with Gasteiger partial charge in [-0.2, -0.15) is 0 Å². The van der Waals surface area contributed by atoms with E-state index in [1.165, 1.54) is 0 Å². The minimum Gasteiger partial charge on any atom is -0.378 e. The van der Waals surface area contributed by atoms with Crippen molar-refractivity contribution in [3.8, 4) is 0 Å². The third-order valence-corrected chi connectivity index (χ3v) is 6.73. The number of rotatable bonds is 4. The first kappa shape index (κ1) is 21.8. The monoisotopic (exact) mass is 448 g/mol. The number of carbonyl (C=O) groups excluding carboxylic acids is 1. The van der Waals surface area contributed by atoms with E-state index in [2.05, 4.69) is 36.4 Å². The molecular weight excluding hydrogens is 416 g/mol. The van der Waals surface area contributed by atoms with Crippen molar-refractivity contribution in [1.82, 2.24) is 24.4 Å². The number of hydrogen-bond acceptors (Lipinski definition) is 6. The summed E-state index contributed by atoms with van der Waals surface area (Å²) in [5.41, 5.74) is 3.52. The molecule has 174 valence electrons. The maximum absolute atomic E-state index is 13.6. The lowest BCUT2D eigenvalue weighted by molar-refractivity contribution is 0.0697. The van der Waals surface area contributed by atoms with Gasteiger partial charge >= 0.3 is 0 Å². The number of aryl methyl sites for hydroxylation is 1. The van der Waals surface area contributed by atoms with Crippen molar-refractivity contribution in [2.45, 2.75) is 38.5 Å². The van der Waals surface area contributed by atoms with Crippen LogP contribution in [0.1, 0.15) is 60.5 Å². The van der Waals surface area contributed by atoms with Crippen molar-refractivity contribution in [3.05, 3.63) is 47.5 Å². The molecular formula is C25H32N6O2. The van der Waals surface area contributed by atoms with Crippen LogP contribution in [0.5, 0.6) is 0 Å². The molecule has 2 saturated heterocycles. The maximum Gasteiger partial charge on any atom is 0.272 e. The fraction of sp³-hybridized carbons (Fsp3) is 0.520. The van der Waals surface area contributed by atoms with E-state index in [4.69, 9.17) is 19.7 Å². The zero-order valence-electron chi connectivity index (χ0n) is 19.7. The van der Waals surface area contributed by atoms with E-state index in [0.29, 0.717) is 31.4 Å². The molecule has 1 aromatic carbocycles. The molecule has 8 heteroatoms. The molecule has 1 atom stereocenters. The highest BCUT2D eigenvalue weighted by Gasteiger charge is 2.30. The van der Waals surface area contributed by atoms with Gasteiger partial charge in [0.15, 0.2) is 0 Å². The number of anilines is 1. The second-order valence-electron chi connectivity index (χ2n) is 9.34. The Bertz CT molecular complexity index is 1150. The Balaban J connectivity index is 1.41. The van der Waals surface area contributed by atoms with Crippen LogP contribution < -0.4 is 4.90 Å². The molecule has 8 nitrogen and oxygen atoms in total. The summed E-state index contributed by atoms with van der Waals surface area (Å²) in [6.07, 6.45) is 1.99. The Morgan fingerprint density at radius 3 is 2.64 bits per heavy atom. The Morgan fingerprint density at radius 1 is 1.09 bits per heavy atom. The van der Waals surface area contributed by atoms with Gasteiger partial charge in [0.1, 0.15) is 11.5 Å². The van der Waals surface area contributed by atoms with Gasteiger partial charge in [-0.25, -0.2) is 15.0 Å². The van der Waals surface area contributed by atoms with E-state index in [0.717, 1.165) is 55.0 Å². The number of amides is 1. The molecule has 1 unspecified atom stereocenters. The highest BCUT2D eigenvalue weighted by atomic mass is 16.5. The SMILES string of the molecule is CC(C)c1cc(C(=O)N2CCCC(c3nc4ccccc4n3C)C2)nc(N2CCOCC2)n1. The Labute approximate surface area is 194 Å². The van der Waals surface area contributed by atoms with Gasteiger partial charge < -0.3 is 19.1 Å². The fourth-order valence-electron chi connectivity index (χ4n) is 4.83. The lowest BCUT2D eigenvalue weighted by atomic mass is 9.96. The van der Waals surface area contributed by atoms with E-state index >= 15 is 0 Å². The van der Waals surface area contributed by atoms with E-state index in [1.807, 2.05) is 29.2 Å². The summed E-state index contributed by atoms with van der Waals surface area (Å²) in [6, 6.07) is 10.1. The first-order chi connectivity index (χ1) is 16.0. The van der Waals surface area contributed by atoms with Gasteiger partial charge in [0.25, 0.3) is 5.91 Å². The fourth-order valence-corrected chi connectivity index (χ4v) is 4.83. The summed E-state index contributed by atoms with van der Waals surface area (Å²) in [5, 5.41) is 0. The van der Waals surface area contributed by atoms with Crippen molar-refractivity contribution >= 4 is 22.9 Å². The summed E-state index contributed by atoms with van der Waals surface area (Å²) in [7, 11) is 2.07. The predicted octanol–water partition coefficient (Wildman–Crippen LogP) is 3.34. The van der Waals surface area contributed by atoms with Crippen molar-refractivity contribution in [2.75, 3.05) is 44.3 Å². The number of para-hydroxylation sites is 2. The number of imidazole rings is 1. The van der Waals surface area contributed by atoms with Crippen LogP contribution in [0.3, 0.4) is 0 Å². The zero-order valence-corrected chi connectivity index (χ0v) is 19.7. The van der Waals surface area contributed by atoms with Crippen LogP contribution in [0.4, 0.5) is 5.95 Å². The van der Waals surface area contributed by atoms with Gasteiger partial charge in [-0.1, -0.05) is 26.0 Å². The van der Waals surface area contributed by atoms with Gasteiger partial charge in [-0.3, -0.25) is 4.79 Å². The molecule has 33 heavy (non-hydrogen) atoms. The van der Waals surface area contributed by atoms with E-state index in [-0.39, 0.29) is 17.7 Å². The number of likely N-dealkylation sites (tertiary alicyclic amines) is 1. The number of hydrogen-bond donors (Lipinski definition) is 0. The lowest BCUT2D eigenvalue weighted by Crippen LogP contribution is -2.41. The standard InChI is InChI=1S/C25H32N6O2/c1-17(2)20-15-21(28-25(27-20)30-11-13-33-14-12-30)24(32)31-10-6-7-18(16-31)23-26-19-8-4-5-9-22(19)29(23)3/h4-5,8-9,15,17-18H,6-7,10-14,16H2,1-3H3. The Hall–Kier alpha value is -3.00. The van der Waals surface area contributed by atoms with Gasteiger partial charge in [0.2, 0.25) is 5.95 Å². The Morgan fingerprint density at radius 2 is 1.88 bits per heavy atom. The third kappa shape index (κ3) is 4.31. The highest BCUT2D eigenvalue weighted by molar-refractivity contribution is 5.93. The summed E-state index contributed by atoms with van der Waals surface area (Å²) < 4.78 is 7.65. The molecule has 2 aliphatic rings. The van der Waals surface area contributed by atoms with Gasteiger partial charge in [0, 0.05) is 44.8 Å². The summed E-state index contributed by atoms with van der Waals surface area (Å²) in [4.78, 5) is 32.0. The molecule has 2 fully saturated rings. The molecule has 3 aromatic rings. The van der Waals surface area contributed by atoms with Crippen LogP contribution in [0.2, 0.25) is 0 Å². The van der Waals surface area contributed by atoms with Gasteiger partial charge in [0.05, 0.1) is 24.2 Å². The molecule has 5 rings (SSSR count). The number of piperidine rings is 1. The van der Waals surface area contributed by atoms with Gasteiger partial charge in [-0.05, 0) is 37.0 Å². The lowest BCUT2D eigenvalue weighted by Gasteiger charge is -2.33. The molecule has 1 amide bonds. The summed E-state index contributed by atoms with van der Waals surface area (Å²) in [5.74, 6) is 2.10. The highest BCUT2D eigenvalue weighted by Crippen LogP contribution is 2.29.